The normalized spacial score (nSPS) is 27.9. The van der Waals surface area contributed by atoms with Gasteiger partial charge in [0.15, 0.2) is 0 Å². The van der Waals surface area contributed by atoms with E-state index in [4.69, 9.17) is 18.9 Å². The van der Waals surface area contributed by atoms with Crippen LogP contribution in [0.5, 0.6) is 0 Å². The predicted molar refractivity (Wildman–Crippen MR) is 124 cm³/mol. The Labute approximate surface area is 186 Å². The summed E-state index contributed by atoms with van der Waals surface area (Å²) in [4.78, 5) is 0. The Morgan fingerprint density at radius 1 is 0.867 bits per heavy atom. The highest BCUT2D eigenvalue weighted by molar-refractivity contribution is 4.90. The van der Waals surface area contributed by atoms with Gasteiger partial charge in [-0.2, -0.15) is 0 Å². The molecule has 0 N–H and O–H groups in total. The quantitative estimate of drug-likeness (QED) is 0.144. The molecule has 2 heterocycles. The van der Waals surface area contributed by atoms with Crippen molar-refractivity contribution in [3.63, 3.8) is 0 Å². The molecule has 30 heavy (non-hydrogen) atoms. The van der Waals surface area contributed by atoms with E-state index in [1.54, 1.807) is 7.11 Å². The maximum atomic E-state index is 6.46. The van der Waals surface area contributed by atoms with Crippen molar-refractivity contribution < 1.29 is 18.9 Å². The first-order chi connectivity index (χ1) is 14.8. The molecule has 2 saturated heterocycles. The van der Waals surface area contributed by atoms with Gasteiger partial charge >= 0.3 is 0 Å². The van der Waals surface area contributed by atoms with Crippen LogP contribution >= 0.6 is 0 Å². The van der Waals surface area contributed by atoms with Crippen LogP contribution in [0.1, 0.15) is 110 Å². The van der Waals surface area contributed by atoms with E-state index >= 15 is 0 Å². The number of rotatable bonds is 17. The van der Waals surface area contributed by atoms with Crippen LogP contribution in [0.4, 0.5) is 0 Å². The molecule has 4 nitrogen and oxygen atoms in total. The number of unbranched alkanes of at least 4 members (excludes halogenated alkanes) is 9. The first-order valence-corrected chi connectivity index (χ1v) is 12.8. The van der Waals surface area contributed by atoms with Gasteiger partial charge in [-0.25, -0.2) is 0 Å². The zero-order valence-electron chi connectivity index (χ0n) is 19.8. The monoisotopic (exact) mass is 424 g/mol. The topological polar surface area (TPSA) is 36.9 Å². The molecule has 0 radical (unpaired) electrons. The summed E-state index contributed by atoms with van der Waals surface area (Å²) >= 11 is 0. The summed E-state index contributed by atoms with van der Waals surface area (Å²) < 4.78 is 23.9. The Balaban J connectivity index is 1.63. The fourth-order valence-corrected chi connectivity index (χ4v) is 4.93. The molecule has 0 bridgehead atoms. The van der Waals surface area contributed by atoms with Crippen molar-refractivity contribution in [3.05, 3.63) is 12.7 Å². The fourth-order valence-electron chi connectivity index (χ4n) is 4.93. The second-order valence-electron chi connectivity index (χ2n) is 9.25. The van der Waals surface area contributed by atoms with Gasteiger partial charge in [0.25, 0.3) is 0 Å². The summed E-state index contributed by atoms with van der Waals surface area (Å²) in [6, 6.07) is 0. The molecule has 0 saturated carbocycles. The van der Waals surface area contributed by atoms with Crippen LogP contribution in [0.15, 0.2) is 12.7 Å². The fraction of sp³-hybridized carbons (Fsp3) is 0.923. The maximum absolute atomic E-state index is 6.46. The highest BCUT2D eigenvalue weighted by Gasteiger charge is 2.38. The smallest absolute Gasteiger partial charge is 0.146 e. The minimum absolute atomic E-state index is 0.141. The number of methoxy groups -OCH3 is 1. The Bertz CT molecular complexity index is 427. The average Bonchev–Trinajstić information content (AvgIpc) is 3.27. The molecular weight excluding hydrogens is 376 g/mol. The third kappa shape index (κ3) is 9.80. The lowest BCUT2D eigenvalue weighted by atomic mass is 9.98. The van der Waals surface area contributed by atoms with Gasteiger partial charge in [0.1, 0.15) is 6.79 Å². The Kier molecular flexibility index (Phi) is 14.0. The van der Waals surface area contributed by atoms with Gasteiger partial charge in [-0.1, -0.05) is 77.2 Å². The third-order valence-electron chi connectivity index (χ3n) is 6.75. The molecule has 2 rings (SSSR count). The van der Waals surface area contributed by atoms with Gasteiger partial charge in [0, 0.05) is 7.11 Å². The van der Waals surface area contributed by atoms with Gasteiger partial charge in [0.2, 0.25) is 0 Å². The first-order valence-electron chi connectivity index (χ1n) is 12.8. The van der Waals surface area contributed by atoms with E-state index in [0.29, 0.717) is 6.79 Å². The molecule has 0 unspecified atom stereocenters. The lowest BCUT2D eigenvalue weighted by Gasteiger charge is -2.32. The molecule has 2 fully saturated rings. The van der Waals surface area contributed by atoms with Gasteiger partial charge in [-0.05, 0) is 38.5 Å². The van der Waals surface area contributed by atoms with Crippen LogP contribution in [-0.2, 0) is 18.9 Å². The predicted octanol–water partition coefficient (Wildman–Crippen LogP) is 6.96. The number of hydrogen-bond donors (Lipinski definition) is 0. The molecule has 0 aromatic rings. The van der Waals surface area contributed by atoms with Gasteiger partial charge in [0.05, 0.1) is 30.5 Å². The average molecular weight is 425 g/mol. The molecule has 176 valence electrons. The van der Waals surface area contributed by atoms with Crippen LogP contribution in [0.2, 0.25) is 0 Å². The molecule has 5 atom stereocenters. The van der Waals surface area contributed by atoms with Crippen molar-refractivity contribution in [2.75, 3.05) is 13.9 Å². The SMILES string of the molecule is C=C[C@@H]1CCC[C@H]([C@H]2CC[C@H]([C@@H](CCCCCCCCCCCC)OCOC)O2)O1. The summed E-state index contributed by atoms with van der Waals surface area (Å²) in [6.07, 6.45) is 23.1. The highest BCUT2D eigenvalue weighted by atomic mass is 16.7. The lowest BCUT2D eigenvalue weighted by Crippen LogP contribution is -2.38. The van der Waals surface area contributed by atoms with E-state index in [1.165, 1.54) is 70.6 Å². The number of hydrogen-bond acceptors (Lipinski definition) is 4. The summed E-state index contributed by atoms with van der Waals surface area (Å²) in [7, 11) is 1.70. The standard InChI is InChI=1S/C26H48O4/c1-4-6-7-8-9-10-11-12-13-14-17-23(28-21-27-3)25-19-20-26(30-25)24-18-15-16-22(5-2)29-24/h5,22-26H,2,4,6-21H2,1,3H3/t22-,23-,24-,25-,26-/m1/s1. The van der Waals surface area contributed by atoms with E-state index in [0.717, 1.165) is 32.1 Å². The van der Waals surface area contributed by atoms with Crippen LogP contribution in [0.3, 0.4) is 0 Å². The molecule has 0 aromatic heterocycles. The molecule has 0 aromatic carbocycles. The lowest BCUT2D eigenvalue weighted by molar-refractivity contribution is -0.153. The van der Waals surface area contributed by atoms with E-state index in [2.05, 4.69) is 13.5 Å². The van der Waals surface area contributed by atoms with Crippen LogP contribution < -0.4 is 0 Å². The van der Waals surface area contributed by atoms with Crippen molar-refractivity contribution in [3.8, 4) is 0 Å². The zero-order chi connectivity index (χ0) is 21.4. The third-order valence-corrected chi connectivity index (χ3v) is 6.75. The Hall–Kier alpha value is -0.420. The minimum Gasteiger partial charge on any atom is -0.370 e. The van der Waals surface area contributed by atoms with Crippen LogP contribution in [-0.4, -0.2) is 44.4 Å². The first kappa shape index (κ1) is 25.8. The zero-order valence-corrected chi connectivity index (χ0v) is 19.8. The van der Waals surface area contributed by atoms with Crippen molar-refractivity contribution in [1.29, 1.82) is 0 Å². The Morgan fingerprint density at radius 3 is 2.20 bits per heavy atom. The summed E-state index contributed by atoms with van der Waals surface area (Å²) in [6.45, 7) is 6.53. The van der Waals surface area contributed by atoms with Crippen molar-refractivity contribution >= 4 is 0 Å². The molecule has 0 aliphatic carbocycles. The van der Waals surface area contributed by atoms with E-state index in [1.807, 2.05) is 6.08 Å². The van der Waals surface area contributed by atoms with Crippen molar-refractivity contribution in [2.24, 2.45) is 0 Å². The van der Waals surface area contributed by atoms with Crippen LogP contribution in [0.25, 0.3) is 0 Å². The molecule has 4 heteroatoms. The van der Waals surface area contributed by atoms with Crippen molar-refractivity contribution in [1.82, 2.24) is 0 Å². The largest absolute Gasteiger partial charge is 0.370 e. The summed E-state index contributed by atoms with van der Waals surface area (Å²) in [5, 5.41) is 0. The summed E-state index contributed by atoms with van der Waals surface area (Å²) in [5.74, 6) is 0. The van der Waals surface area contributed by atoms with Gasteiger partial charge in [-0.3, -0.25) is 0 Å². The molecule has 0 spiro atoms. The second kappa shape index (κ2) is 16.2. The van der Waals surface area contributed by atoms with Crippen molar-refractivity contribution in [2.45, 2.75) is 140 Å². The minimum atomic E-state index is 0.141. The van der Waals surface area contributed by atoms with E-state index < -0.39 is 0 Å². The van der Waals surface area contributed by atoms with Gasteiger partial charge < -0.3 is 18.9 Å². The van der Waals surface area contributed by atoms with E-state index in [-0.39, 0.29) is 30.5 Å². The number of ether oxygens (including phenoxy) is 4. The molecule has 2 aliphatic heterocycles. The van der Waals surface area contributed by atoms with Gasteiger partial charge in [-0.15, -0.1) is 6.58 Å². The van der Waals surface area contributed by atoms with Crippen LogP contribution in [0, 0.1) is 0 Å². The maximum Gasteiger partial charge on any atom is 0.146 e. The molecule has 0 amide bonds. The Morgan fingerprint density at radius 2 is 1.53 bits per heavy atom. The summed E-state index contributed by atoms with van der Waals surface area (Å²) in [5.41, 5.74) is 0. The molecule has 2 aliphatic rings. The highest BCUT2D eigenvalue weighted by Crippen LogP contribution is 2.33. The van der Waals surface area contributed by atoms with E-state index in [9.17, 15) is 0 Å². The molecular formula is C26H48O4. The second-order valence-corrected chi connectivity index (χ2v) is 9.25.